The molecule has 4 heteroatoms. The van der Waals surface area contributed by atoms with Crippen LogP contribution < -0.4 is 10.2 Å². The zero-order valence-corrected chi connectivity index (χ0v) is 16.1. The maximum Gasteiger partial charge on any atom is 0.234 e. The van der Waals surface area contributed by atoms with Gasteiger partial charge in [-0.2, -0.15) is 0 Å². The van der Waals surface area contributed by atoms with E-state index >= 15 is 0 Å². The lowest BCUT2D eigenvalue weighted by Gasteiger charge is -2.37. The number of hydrogen-bond donors (Lipinski definition) is 1. The number of piperazine rings is 1. The number of aryl methyl sites for hydroxylation is 1. The van der Waals surface area contributed by atoms with E-state index in [0.717, 1.165) is 32.6 Å². The number of benzene rings is 1. The van der Waals surface area contributed by atoms with Crippen LogP contribution in [-0.2, 0) is 4.79 Å². The molecule has 1 amide bonds. The summed E-state index contributed by atoms with van der Waals surface area (Å²) in [6.45, 7) is 11.1. The predicted molar refractivity (Wildman–Crippen MR) is 104 cm³/mol. The molecule has 2 aliphatic rings. The van der Waals surface area contributed by atoms with Gasteiger partial charge >= 0.3 is 0 Å². The molecule has 2 fully saturated rings. The summed E-state index contributed by atoms with van der Waals surface area (Å²) < 4.78 is 0. The zero-order chi connectivity index (χ0) is 17.8. The van der Waals surface area contributed by atoms with Crippen LogP contribution in [0.5, 0.6) is 0 Å². The Morgan fingerprint density at radius 3 is 2.56 bits per heavy atom. The van der Waals surface area contributed by atoms with E-state index in [0.29, 0.717) is 18.5 Å². The van der Waals surface area contributed by atoms with E-state index in [1.165, 1.54) is 36.1 Å². The van der Waals surface area contributed by atoms with Crippen molar-refractivity contribution in [1.29, 1.82) is 0 Å². The maximum atomic E-state index is 12.4. The minimum Gasteiger partial charge on any atom is -0.369 e. The summed E-state index contributed by atoms with van der Waals surface area (Å²) in [6, 6.07) is 6.92. The quantitative estimate of drug-likeness (QED) is 0.912. The van der Waals surface area contributed by atoms with Gasteiger partial charge in [-0.05, 0) is 49.8 Å². The Morgan fingerprint density at radius 1 is 1.12 bits per heavy atom. The van der Waals surface area contributed by atoms with E-state index in [1.807, 2.05) is 0 Å². The number of nitrogens with one attached hydrogen (secondary N) is 1. The second kappa shape index (κ2) is 8.22. The summed E-state index contributed by atoms with van der Waals surface area (Å²) in [5.74, 6) is 0.831. The molecule has 1 N–H and O–H groups in total. The highest BCUT2D eigenvalue weighted by Gasteiger charge is 2.25. The first-order chi connectivity index (χ1) is 12.0. The molecule has 2 atom stereocenters. The van der Waals surface area contributed by atoms with Crippen molar-refractivity contribution < 1.29 is 4.79 Å². The molecule has 1 aliphatic heterocycles. The smallest absolute Gasteiger partial charge is 0.234 e. The van der Waals surface area contributed by atoms with E-state index in [1.54, 1.807) is 0 Å². The number of rotatable bonds is 4. The molecule has 0 radical (unpaired) electrons. The van der Waals surface area contributed by atoms with Crippen molar-refractivity contribution in [3.05, 3.63) is 29.3 Å². The summed E-state index contributed by atoms with van der Waals surface area (Å²) in [6.07, 6.45) is 4.96. The topological polar surface area (TPSA) is 35.6 Å². The van der Waals surface area contributed by atoms with Crippen molar-refractivity contribution in [1.82, 2.24) is 10.2 Å². The lowest BCUT2D eigenvalue weighted by Crippen LogP contribution is -2.51. The van der Waals surface area contributed by atoms with E-state index in [9.17, 15) is 4.79 Å². The van der Waals surface area contributed by atoms with Gasteiger partial charge in [-0.1, -0.05) is 31.9 Å². The molecular formula is C21H33N3O. The fourth-order valence-electron chi connectivity index (χ4n) is 4.21. The fraction of sp³-hybridized carbons (Fsp3) is 0.667. The average Bonchev–Trinajstić information content (AvgIpc) is 2.60. The van der Waals surface area contributed by atoms with Gasteiger partial charge < -0.3 is 10.2 Å². The summed E-state index contributed by atoms with van der Waals surface area (Å²) >= 11 is 0. The number of carbonyl (C=O) groups excluding carboxylic acids is 1. The van der Waals surface area contributed by atoms with Gasteiger partial charge in [0.1, 0.15) is 0 Å². The van der Waals surface area contributed by atoms with Crippen LogP contribution in [0.2, 0.25) is 0 Å². The lowest BCUT2D eigenvalue weighted by atomic mass is 9.86. The first-order valence-electron chi connectivity index (χ1n) is 9.87. The first kappa shape index (κ1) is 18.2. The Morgan fingerprint density at radius 2 is 1.84 bits per heavy atom. The molecule has 4 nitrogen and oxygen atoms in total. The Balaban J connectivity index is 1.47. The zero-order valence-electron chi connectivity index (χ0n) is 16.1. The van der Waals surface area contributed by atoms with Crippen LogP contribution in [0.25, 0.3) is 0 Å². The summed E-state index contributed by atoms with van der Waals surface area (Å²) in [5, 5.41) is 3.28. The SMILES string of the molecule is Cc1cccc(N2CCN(CC(=O)NC3CCCCC3C)CC2)c1C. The van der Waals surface area contributed by atoms with E-state index in [4.69, 9.17) is 0 Å². The van der Waals surface area contributed by atoms with Gasteiger partial charge in [0.05, 0.1) is 6.54 Å². The number of carbonyl (C=O) groups is 1. The largest absolute Gasteiger partial charge is 0.369 e. The summed E-state index contributed by atoms with van der Waals surface area (Å²) in [5.41, 5.74) is 4.07. The molecule has 0 spiro atoms. The maximum absolute atomic E-state index is 12.4. The van der Waals surface area contributed by atoms with Crippen molar-refractivity contribution in [3.8, 4) is 0 Å². The van der Waals surface area contributed by atoms with Crippen LogP contribution >= 0.6 is 0 Å². The highest BCUT2D eigenvalue weighted by atomic mass is 16.2. The predicted octanol–water partition coefficient (Wildman–Crippen LogP) is 3.12. The van der Waals surface area contributed by atoms with Gasteiger partial charge in [0.25, 0.3) is 0 Å². The Labute approximate surface area is 152 Å². The Bertz CT molecular complexity index is 593. The Kier molecular flexibility index (Phi) is 6.00. The monoisotopic (exact) mass is 343 g/mol. The van der Waals surface area contributed by atoms with E-state index in [2.05, 4.69) is 54.1 Å². The third kappa shape index (κ3) is 4.55. The number of hydrogen-bond acceptors (Lipinski definition) is 3. The van der Waals surface area contributed by atoms with Crippen LogP contribution in [-0.4, -0.2) is 49.6 Å². The van der Waals surface area contributed by atoms with Gasteiger partial charge in [-0.3, -0.25) is 9.69 Å². The van der Waals surface area contributed by atoms with Crippen molar-refractivity contribution in [2.75, 3.05) is 37.6 Å². The van der Waals surface area contributed by atoms with Crippen molar-refractivity contribution in [3.63, 3.8) is 0 Å². The third-order valence-corrected chi connectivity index (χ3v) is 6.11. The van der Waals surface area contributed by atoms with Crippen LogP contribution in [0, 0.1) is 19.8 Å². The molecular weight excluding hydrogens is 310 g/mol. The van der Waals surface area contributed by atoms with Crippen LogP contribution in [0.15, 0.2) is 18.2 Å². The van der Waals surface area contributed by atoms with Gasteiger partial charge in [0, 0.05) is 37.9 Å². The molecule has 1 saturated heterocycles. The van der Waals surface area contributed by atoms with Crippen LogP contribution in [0.1, 0.15) is 43.7 Å². The molecule has 1 heterocycles. The summed E-state index contributed by atoms with van der Waals surface area (Å²) in [7, 11) is 0. The summed E-state index contributed by atoms with van der Waals surface area (Å²) in [4.78, 5) is 17.2. The highest BCUT2D eigenvalue weighted by Crippen LogP contribution is 2.25. The molecule has 1 aromatic rings. The second-order valence-corrected chi connectivity index (χ2v) is 7.92. The van der Waals surface area contributed by atoms with Crippen molar-refractivity contribution in [2.24, 2.45) is 5.92 Å². The van der Waals surface area contributed by atoms with Gasteiger partial charge in [0.2, 0.25) is 5.91 Å². The van der Waals surface area contributed by atoms with Crippen molar-refractivity contribution in [2.45, 2.75) is 52.5 Å². The van der Waals surface area contributed by atoms with Crippen molar-refractivity contribution >= 4 is 11.6 Å². The third-order valence-electron chi connectivity index (χ3n) is 6.11. The molecule has 138 valence electrons. The van der Waals surface area contributed by atoms with E-state index < -0.39 is 0 Å². The van der Waals surface area contributed by atoms with Gasteiger partial charge in [-0.15, -0.1) is 0 Å². The fourth-order valence-corrected chi connectivity index (χ4v) is 4.21. The Hall–Kier alpha value is -1.55. The molecule has 2 unspecified atom stereocenters. The minimum atomic E-state index is 0.207. The second-order valence-electron chi connectivity index (χ2n) is 7.92. The van der Waals surface area contributed by atoms with E-state index in [-0.39, 0.29) is 5.91 Å². The van der Waals surface area contributed by atoms with Gasteiger partial charge in [-0.25, -0.2) is 0 Å². The number of nitrogens with zero attached hydrogens (tertiary/aromatic N) is 2. The van der Waals surface area contributed by atoms with Crippen LogP contribution in [0.3, 0.4) is 0 Å². The minimum absolute atomic E-state index is 0.207. The molecule has 1 aliphatic carbocycles. The molecule has 0 aromatic heterocycles. The molecule has 0 bridgehead atoms. The number of anilines is 1. The first-order valence-corrected chi connectivity index (χ1v) is 9.87. The molecule has 1 aromatic carbocycles. The molecule has 25 heavy (non-hydrogen) atoms. The molecule has 3 rings (SSSR count). The normalized spacial score (nSPS) is 25.0. The average molecular weight is 344 g/mol. The standard InChI is InChI=1S/C21H33N3O/c1-16-8-6-10-20(18(16)3)24-13-11-23(12-14-24)15-21(25)22-19-9-5-4-7-17(19)2/h6,8,10,17,19H,4-5,7,9,11-15H2,1-3H3,(H,22,25). The highest BCUT2D eigenvalue weighted by molar-refractivity contribution is 5.78. The van der Waals surface area contributed by atoms with Gasteiger partial charge in [0.15, 0.2) is 0 Å². The lowest BCUT2D eigenvalue weighted by molar-refractivity contribution is -0.123. The number of amides is 1. The van der Waals surface area contributed by atoms with Crippen LogP contribution in [0.4, 0.5) is 5.69 Å². The molecule has 1 saturated carbocycles.